The highest BCUT2D eigenvalue weighted by atomic mass is 32.2. The first-order chi connectivity index (χ1) is 13.0. The molecule has 140 valence electrons. The van der Waals surface area contributed by atoms with Gasteiger partial charge in [0.05, 0.1) is 22.1 Å². The van der Waals surface area contributed by atoms with E-state index < -0.39 is 16.0 Å². The lowest BCUT2D eigenvalue weighted by Gasteiger charge is -2.25. The molecule has 1 saturated heterocycles. The van der Waals surface area contributed by atoms with Crippen molar-refractivity contribution in [3.8, 4) is 6.07 Å². The number of piperidine rings is 1. The molecule has 1 aliphatic rings. The normalized spacial score (nSPS) is 15.1. The average molecular weight is 384 g/mol. The summed E-state index contributed by atoms with van der Waals surface area (Å²) in [5.41, 5.74) is 1.21. The van der Waals surface area contributed by atoms with E-state index in [9.17, 15) is 13.2 Å². The Labute approximate surface area is 159 Å². The van der Waals surface area contributed by atoms with E-state index in [1.807, 2.05) is 6.07 Å². The third-order valence-electron chi connectivity index (χ3n) is 4.52. The van der Waals surface area contributed by atoms with E-state index in [1.54, 1.807) is 24.3 Å². The van der Waals surface area contributed by atoms with Gasteiger partial charge < -0.3 is 4.74 Å². The molecule has 0 amide bonds. The van der Waals surface area contributed by atoms with Crippen molar-refractivity contribution in [3.63, 3.8) is 0 Å². The smallest absolute Gasteiger partial charge is 0.338 e. The summed E-state index contributed by atoms with van der Waals surface area (Å²) in [7, 11) is -3.61. The van der Waals surface area contributed by atoms with Crippen LogP contribution in [-0.4, -0.2) is 31.8 Å². The summed E-state index contributed by atoms with van der Waals surface area (Å²) in [6, 6.07) is 14.8. The molecule has 27 heavy (non-hydrogen) atoms. The van der Waals surface area contributed by atoms with Crippen molar-refractivity contribution < 1.29 is 17.9 Å². The second-order valence-corrected chi connectivity index (χ2v) is 8.28. The van der Waals surface area contributed by atoms with Crippen LogP contribution in [0.3, 0.4) is 0 Å². The minimum Gasteiger partial charge on any atom is -0.457 e. The predicted octanol–water partition coefficient (Wildman–Crippen LogP) is 3.09. The molecule has 1 fully saturated rings. The standard InChI is InChI=1S/C20H20N2O4S/c21-14-17-7-2-3-8-18(17)15-26-20(23)16-9-6-10-19(13-16)27(24,25)22-11-4-1-5-12-22/h2-3,6-10,13H,1,4-5,11-12,15H2. The van der Waals surface area contributed by atoms with Crippen LogP contribution in [-0.2, 0) is 21.4 Å². The summed E-state index contributed by atoms with van der Waals surface area (Å²) in [4.78, 5) is 12.5. The topological polar surface area (TPSA) is 87.5 Å². The van der Waals surface area contributed by atoms with Crippen LogP contribution in [0, 0.1) is 11.3 Å². The number of hydrogen-bond donors (Lipinski definition) is 0. The van der Waals surface area contributed by atoms with Crippen LogP contribution in [0.1, 0.15) is 40.7 Å². The van der Waals surface area contributed by atoms with Gasteiger partial charge in [-0.05, 0) is 37.1 Å². The molecule has 0 bridgehead atoms. The van der Waals surface area contributed by atoms with E-state index in [1.165, 1.54) is 28.6 Å². The number of rotatable bonds is 5. The third kappa shape index (κ3) is 4.35. The number of carbonyl (C=O) groups is 1. The van der Waals surface area contributed by atoms with Crippen molar-refractivity contribution in [3.05, 3.63) is 65.2 Å². The zero-order valence-electron chi connectivity index (χ0n) is 14.8. The number of nitriles is 1. The molecule has 3 rings (SSSR count). The molecule has 1 aliphatic heterocycles. The first-order valence-corrected chi connectivity index (χ1v) is 10.2. The molecular weight excluding hydrogens is 364 g/mol. The molecule has 0 aromatic heterocycles. The van der Waals surface area contributed by atoms with Crippen molar-refractivity contribution in [2.24, 2.45) is 0 Å². The molecule has 2 aromatic carbocycles. The first kappa shape index (κ1) is 19.1. The second kappa shape index (κ2) is 8.33. The fraction of sp³-hybridized carbons (Fsp3) is 0.300. The molecule has 1 heterocycles. The molecule has 0 aliphatic carbocycles. The Bertz CT molecular complexity index is 973. The van der Waals surface area contributed by atoms with Crippen molar-refractivity contribution in [1.82, 2.24) is 4.31 Å². The lowest BCUT2D eigenvalue weighted by Crippen LogP contribution is -2.35. The highest BCUT2D eigenvalue weighted by molar-refractivity contribution is 7.89. The van der Waals surface area contributed by atoms with E-state index >= 15 is 0 Å². The second-order valence-electron chi connectivity index (χ2n) is 6.34. The summed E-state index contributed by atoms with van der Waals surface area (Å²) >= 11 is 0. The third-order valence-corrected chi connectivity index (χ3v) is 6.41. The van der Waals surface area contributed by atoms with Gasteiger partial charge in [-0.15, -0.1) is 0 Å². The molecule has 0 radical (unpaired) electrons. The largest absolute Gasteiger partial charge is 0.457 e. The van der Waals surface area contributed by atoms with Gasteiger partial charge in [-0.25, -0.2) is 13.2 Å². The first-order valence-electron chi connectivity index (χ1n) is 8.78. The molecule has 0 atom stereocenters. The van der Waals surface area contributed by atoms with Gasteiger partial charge in [0.2, 0.25) is 10.0 Å². The molecular formula is C20H20N2O4S. The maximum Gasteiger partial charge on any atom is 0.338 e. The van der Waals surface area contributed by atoms with Crippen LogP contribution in [0.4, 0.5) is 0 Å². The van der Waals surface area contributed by atoms with E-state index in [0.717, 1.165) is 19.3 Å². The molecule has 7 heteroatoms. The van der Waals surface area contributed by atoms with E-state index in [-0.39, 0.29) is 17.1 Å². The van der Waals surface area contributed by atoms with Crippen LogP contribution in [0.2, 0.25) is 0 Å². The Balaban J connectivity index is 1.75. The average Bonchev–Trinajstić information content (AvgIpc) is 2.73. The van der Waals surface area contributed by atoms with Crippen LogP contribution in [0.15, 0.2) is 53.4 Å². The van der Waals surface area contributed by atoms with Gasteiger partial charge in [-0.2, -0.15) is 9.57 Å². The summed E-state index contributed by atoms with van der Waals surface area (Å²) in [6.45, 7) is 0.954. The lowest BCUT2D eigenvalue weighted by atomic mass is 10.1. The minimum absolute atomic E-state index is 0.0499. The quantitative estimate of drug-likeness (QED) is 0.739. The van der Waals surface area contributed by atoms with Crippen molar-refractivity contribution in [2.45, 2.75) is 30.8 Å². The van der Waals surface area contributed by atoms with Crippen LogP contribution in [0.25, 0.3) is 0 Å². The minimum atomic E-state index is -3.61. The highest BCUT2D eigenvalue weighted by Crippen LogP contribution is 2.22. The van der Waals surface area contributed by atoms with Crippen LogP contribution < -0.4 is 0 Å². The molecule has 0 spiro atoms. The van der Waals surface area contributed by atoms with Gasteiger partial charge in [0.25, 0.3) is 0 Å². The molecule has 0 saturated carbocycles. The number of hydrogen-bond acceptors (Lipinski definition) is 5. The Morgan fingerprint density at radius 2 is 1.81 bits per heavy atom. The predicted molar refractivity (Wildman–Crippen MR) is 99.3 cm³/mol. The highest BCUT2D eigenvalue weighted by Gasteiger charge is 2.26. The number of carbonyl (C=O) groups excluding carboxylic acids is 1. The van der Waals surface area contributed by atoms with E-state index in [2.05, 4.69) is 0 Å². The van der Waals surface area contributed by atoms with E-state index in [0.29, 0.717) is 24.2 Å². The number of nitrogens with zero attached hydrogens (tertiary/aromatic N) is 2. The maximum atomic E-state index is 12.8. The Kier molecular flexibility index (Phi) is 5.89. The summed E-state index contributed by atoms with van der Waals surface area (Å²) < 4.78 is 32.3. The molecule has 0 N–H and O–H groups in total. The zero-order chi connectivity index (χ0) is 19.3. The van der Waals surface area contributed by atoms with Crippen molar-refractivity contribution in [1.29, 1.82) is 5.26 Å². The Morgan fingerprint density at radius 3 is 2.56 bits per heavy atom. The maximum absolute atomic E-state index is 12.8. The number of benzene rings is 2. The molecule has 6 nitrogen and oxygen atoms in total. The Hall–Kier alpha value is -2.69. The van der Waals surface area contributed by atoms with Gasteiger partial charge in [-0.1, -0.05) is 30.7 Å². The van der Waals surface area contributed by atoms with Crippen LogP contribution in [0.5, 0.6) is 0 Å². The lowest BCUT2D eigenvalue weighted by molar-refractivity contribution is 0.0472. The zero-order valence-corrected chi connectivity index (χ0v) is 15.6. The van der Waals surface area contributed by atoms with Gasteiger partial charge in [0, 0.05) is 18.7 Å². The summed E-state index contributed by atoms with van der Waals surface area (Å²) in [5.74, 6) is -0.626. The van der Waals surface area contributed by atoms with Gasteiger partial charge in [0.1, 0.15) is 6.61 Å². The van der Waals surface area contributed by atoms with Gasteiger partial charge >= 0.3 is 5.97 Å². The molecule has 0 unspecified atom stereocenters. The Morgan fingerprint density at radius 1 is 1.07 bits per heavy atom. The number of sulfonamides is 1. The summed E-state index contributed by atoms with van der Waals surface area (Å²) in [5, 5.41) is 9.09. The van der Waals surface area contributed by atoms with Gasteiger partial charge in [-0.3, -0.25) is 0 Å². The summed E-state index contributed by atoms with van der Waals surface area (Å²) in [6.07, 6.45) is 2.72. The van der Waals surface area contributed by atoms with E-state index in [4.69, 9.17) is 10.00 Å². The van der Waals surface area contributed by atoms with Gasteiger partial charge in [0.15, 0.2) is 0 Å². The monoisotopic (exact) mass is 384 g/mol. The van der Waals surface area contributed by atoms with Crippen molar-refractivity contribution in [2.75, 3.05) is 13.1 Å². The van der Waals surface area contributed by atoms with Crippen molar-refractivity contribution >= 4 is 16.0 Å². The fourth-order valence-corrected chi connectivity index (χ4v) is 4.58. The fourth-order valence-electron chi connectivity index (χ4n) is 3.02. The SMILES string of the molecule is N#Cc1ccccc1COC(=O)c1cccc(S(=O)(=O)N2CCCCC2)c1. The number of esters is 1. The molecule has 2 aromatic rings. The van der Waals surface area contributed by atoms with Crippen LogP contribution >= 0.6 is 0 Å². The number of ether oxygens (including phenoxy) is 1.